The van der Waals surface area contributed by atoms with Gasteiger partial charge in [0.2, 0.25) is 5.91 Å². The first kappa shape index (κ1) is 19.4. The molecule has 0 aromatic carbocycles. The third-order valence-corrected chi connectivity index (χ3v) is 6.17. The number of nitrogens with zero attached hydrogens (tertiary/aromatic N) is 5. The summed E-state index contributed by atoms with van der Waals surface area (Å²) >= 11 is 0. The van der Waals surface area contributed by atoms with E-state index in [1.54, 1.807) is 10.9 Å². The fourth-order valence-corrected chi connectivity index (χ4v) is 4.45. The maximum atomic E-state index is 13.0. The molecule has 4 rings (SSSR count). The number of carbonyl (C=O) groups is 2. The highest BCUT2D eigenvalue weighted by Gasteiger charge is 2.31. The lowest BCUT2D eigenvalue weighted by Gasteiger charge is -2.38. The molecular weight excluding hydrogens is 370 g/mol. The third-order valence-electron chi connectivity index (χ3n) is 6.17. The summed E-state index contributed by atoms with van der Waals surface area (Å²) in [6.45, 7) is 5.26. The first-order valence-electron chi connectivity index (χ1n) is 10.2. The van der Waals surface area contributed by atoms with E-state index in [1.165, 1.54) is 17.4 Å². The summed E-state index contributed by atoms with van der Waals surface area (Å²) < 4.78 is 1.74. The average Bonchev–Trinajstić information content (AvgIpc) is 3.25. The molecule has 8 nitrogen and oxygen atoms in total. The summed E-state index contributed by atoms with van der Waals surface area (Å²) in [5.41, 5.74) is 2.59. The number of aryl methyl sites for hydroxylation is 1. The summed E-state index contributed by atoms with van der Waals surface area (Å²) in [7, 11) is 0. The topological polar surface area (TPSA) is 91.6 Å². The van der Waals surface area contributed by atoms with Crippen LogP contribution in [0.2, 0.25) is 0 Å². The lowest BCUT2D eigenvalue weighted by molar-refractivity contribution is -0.137. The Morgan fingerprint density at radius 1 is 1.07 bits per heavy atom. The molecule has 2 saturated heterocycles. The number of carboxylic acid groups (broad SMARTS) is 1. The van der Waals surface area contributed by atoms with E-state index < -0.39 is 5.97 Å². The van der Waals surface area contributed by atoms with Crippen LogP contribution in [0.5, 0.6) is 0 Å². The van der Waals surface area contributed by atoms with Crippen LogP contribution < -0.4 is 4.90 Å². The van der Waals surface area contributed by atoms with Crippen molar-refractivity contribution in [3.05, 3.63) is 42.0 Å². The van der Waals surface area contributed by atoms with Crippen LogP contribution in [0.4, 0.5) is 5.69 Å². The number of aromatic nitrogens is 3. The number of pyridine rings is 1. The molecule has 154 valence electrons. The molecule has 0 unspecified atom stereocenters. The van der Waals surface area contributed by atoms with Crippen LogP contribution in [-0.4, -0.2) is 62.8 Å². The molecule has 0 aliphatic carbocycles. The Balaban J connectivity index is 1.29. The number of carboxylic acids is 1. The average molecular weight is 397 g/mol. The zero-order valence-corrected chi connectivity index (χ0v) is 16.7. The van der Waals surface area contributed by atoms with Crippen molar-refractivity contribution in [2.45, 2.75) is 38.6 Å². The van der Waals surface area contributed by atoms with Crippen molar-refractivity contribution in [1.82, 2.24) is 19.7 Å². The van der Waals surface area contributed by atoms with E-state index in [0.29, 0.717) is 13.1 Å². The van der Waals surface area contributed by atoms with Crippen molar-refractivity contribution in [3.63, 3.8) is 0 Å². The second-order valence-electron chi connectivity index (χ2n) is 7.99. The number of hydrogen-bond acceptors (Lipinski definition) is 5. The molecule has 1 amide bonds. The van der Waals surface area contributed by atoms with Crippen molar-refractivity contribution in [1.29, 1.82) is 0 Å². The van der Waals surface area contributed by atoms with Crippen molar-refractivity contribution >= 4 is 17.6 Å². The maximum Gasteiger partial charge on any atom is 0.338 e. The van der Waals surface area contributed by atoms with Gasteiger partial charge in [-0.1, -0.05) is 0 Å². The van der Waals surface area contributed by atoms with Gasteiger partial charge in [-0.15, -0.1) is 0 Å². The summed E-state index contributed by atoms with van der Waals surface area (Å²) in [5.74, 6) is -0.605. The first-order valence-corrected chi connectivity index (χ1v) is 10.2. The van der Waals surface area contributed by atoms with E-state index in [0.717, 1.165) is 38.8 Å². The standard InChI is InChI=1S/C21H27N5O3/c1-15-12-22-7-2-19(15)24-8-3-16(4-9-24)20(27)25-10-5-18(6-11-25)26-14-17(13-23-26)21(28)29/h2,7,12-14,16,18H,3-6,8-11H2,1H3,(H,28,29). The summed E-state index contributed by atoms with van der Waals surface area (Å²) in [5, 5.41) is 13.2. The van der Waals surface area contributed by atoms with Gasteiger partial charge in [-0.3, -0.25) is 14.5 Å². The molecule has 2 aliphatic heterocycles. The third kappa shape index (κ3) is 4.11. The minimum absolute atomic E-state index is 0.0910. The number of amides is 1. The molecule has 2 aromatic heterocycles. The molecule has 4 heterocycles. The zero-order chi connectivity index (χ0) is 20.4. The van der Waals surface area contributed by atoms with Crippen molar-refractivity contribution in [3.8, 4) is 0 Å². The Labute approximate surface area is 170 Å². The van der Waals surface area contributed by atoms with Crippen molar-refractivity contribution in [2.75, 3.05) is 31.1 Å². The second kappa shape index (κ2) is 8.23. The van der Waals surface area contributed by atoms with E-state index in [1.807, 2.05) is 23.4 Å². The minimum Gasteiger partial charge on any atom is -0.478 e. The first-order chi connectivity index (χ1) is 14.0. The molecule has 0 radical (unpaired) electrons. The van der Waals surface area contributed by atoms with Crippen molar-refractivity contribution in [2.24, 2.45) is 5.92 Å². The Hall–Kier alpha value is -2.90. The Kier molecular flexibility index (Phi) is 5.51. The van der Waals surface area contributed by atoms with Crippen LogP contribution in [0.25, 0.3) is 0 Å². The molecule has 0 spiro atoms. The van der Waals surface area contributed by atoms with E-state index in [9.17, 15) is 9.59 Å². The molecular formula is C21H27N5O3. The lowest BCUT2D eigenvalue weighted by Crippen LogP contribution is -2.45. The fourth-order valence-electron chi connectivity index (χ4n) is 4.45. The Morgan fingerprint density at radius 2 is 1.79 bits per heavy atom. The Bertz CT molecular complexity index is 880. The van der Waals surface area contributed by atoms with Crippen LogP contribution in [0, 0.1) is 12.8 Å². The van der Waals surface area contributed by atoms with E-state index in [4.69, 9.17) is 5.11 Å². The van der Waals surface area contributed by atoms with E-state index in [-0.39, 0.29) is 23.4 Å². The van der Waals surface area contributed by atoms with Gasteiger partial charge in [0.05, 0.1) is 17.8 Å². The molecule has 29 heavy (non-hydrogen) atoms. The molecule has 2 aromatic rings. The molecule has 2 aliphatic rings. The molecule has 0 atom stereocenters. The highest BCUT2D eigenvalue weighted by atomic mass is 16.4. The van der Waals surface area contributed by atoms with Gasteiger partial charge in [-0.2, -0.15) is 5.10 Å². The van der Waals surface area contributed by atoms with Gasteiger partial charge >= 0.3 is 5.97 Å². The van der Waals surface area contributed by atoms with Crippen LogP contribution in [0.3, 0.4) is 0 Å². The van der Waals surface area contributed by atoms with Crippen molar-refractivity contribution < 1.29 is 14.7 Å². The quantitative estimate of drug-likeness (QED) is 0.852. The smallest absolute Gasteiger partial charge is 0.338 e. The van der Waals surface area contributed by atoms with Gasteiger partial charge in [0.1, 0.15) is 0 Å². The number of hydrogen-bond donors (Lipinski definition) is 1. The second-order valence-corrected chi connectivity index (χ2v) is 7.99. The molecule has 2 fully saturated rings. The summed E-state index contributed by atoms with van der Waals surface area (Å²) in [6.07, 6.45) is 10.0. The fraction of sp³-hybridized carbons (Fsp3) is 0.524. The van der Waals surface area contributed by atoms with Gasteiger partial charge in [0.25, 0.3) is 0 Å². The number of carbonyl (C=O) groups excluding carboxylic acids is 1. The largest absolute Gasteiger partial charge is 0.478 e. The van der Waals surface area contributed by atoms with Gasteiger partial charge in [0, 0.05) is 56.4 Å². The summed E-state index contributed by atoms with van der Waals surface area (Å²) in [6, 6.07) is 2.21. The molecule has 8 heteroatoms. The van der Waals surface area contributed by atoms with Gasteiger partial charge in [-0.25, -0.2) is 4.79 Å². The predicted octanol–water partition coefficient (Wildman–Crippen LogP) is 2.36. The minimum atomic E-state index is -0.961. The number of piperidine rings is 2. The number of anilines is 1. The van der Waals surface area contributed by atoms with Crippen LogP contribution >= 0.6 is 0 Å². The van der Waals surface area contributed by atoms with Gasteiger partial charge in [0.15, 0.2) is 0 Å². The molecule has 0 bridgehead atoms. The normalized spacial score (nSPS) is 18.8. The van der Waals surface area contributed by atoms with Gasteiger partial charge < -0.3 is 14.9 Å². The number of likely N-dealkylation sites (tertiary alicyclic amines) is 1. The lowest BCUT2D eigenvalue weighted by atomic mass is 9.93. The van der Waals surface area contributed by atoms with Crippen LogP contribution in [-0.2, 0) is 4.79 Å². The predicted molar refractivity (Wildman–Crippen MR) is 108 cm³/mol. The molecule has 0 saturated carbocycles. The zero-order valence-electron chi connectivity index (χ0n) is 16.7. The SMILES string of the molecule is Cc1cnccc1N1CCC(C(=O)N2CCC(n3cc(C(=O)O)cn3)CC2)CC1. The molecule has 1 N–H and O–H groups in total. The van der Waals surface area contributed by atoms with Gasteiger partial charge in [-0.05, 0) is 44.2 Å². The monoisotopic (exact) mass is 397 g/mol. The Morgan fingerprint density at radius 3 is 2.41 bits per heavy atom. The number of rotatable bonds is 4. The van der Waals surface area contributed by atoms with E-state index in [2.05, 4.69) is 21.9 Å². The summed E-state index contributed by atoms with van der Waals surface area (Å²) in [4.78, 5) is 32.5. The number of aromatic carboxylic acids is 1. The highest BCUT2D eigenvalue weighted by molar-refractivity contribution is 5.86. The highest BCUT2D eigenvalue weighted by Crippen LogP contribution is 2.29. The maximum absolute atomic E-state index is 13.0. The van der Waals surface area contributed by atoms with Crippen LogP contribution in [0.1, 0.15) is 47.6 Å². The van der Waals surface area contributed by atoms with E-state index >= 15 is 0 Å². The van der Waals surface area contributed by atoms with Crippen LogP contribution in [0.15, 0.2) is 30.9 Å².